The molecule has 1 unspecified atom stereocenters. The quantitative estimate of drug-likeness (QED) is 0.703. The molecule has 0 N–H and O–H groups in total. The molecule has 2 aromatic rings. The molecular formula is C20H20ClF3N4O3. The fourth-order valence-electron chi connectivity index (χ4n) is 3.45. The number of aromatic nitrogens is 2. The molecule has 0 spiro atoms. The molecule has 31 heavy (non-hydrogen) atoms. The predicted molar refractivity (Wildman–Crippen MR) is 106 cm³/mol. The van der Waals surface area contributed by atoms with Crippen LogP contribution in [0.1, 0.15) is 22.3 Å². The number of piperazine rings is 1. The number of anilines is 1. The van der Waals surface area contributed by atoms with Crippen molar-refractivity contribution in [2.45, 2.75) is 18.7 Å². The van der Waals surface area contributed by atoms with Crippen molar-refractivity contribution in [1.29, 1.82) is 0 Å². The number of nitrogens with zero attached hydrogens (tertiary/aromatic N) is 4. The van der Waals surface area contributed by atoms with E-state index >= 15 is 0 Å². The SMILES string of the molecule is O=C(c1cnc(OC2CCOC2)c(Cl)c1)N1CCN(c2ccc(C(F)(F)F)cn2)CC1. The molecule has 166 valence electrons. The minimum Gasteiger partial charge on any atom is -0.471 e. The molecule has 0 aromatic carbocycles. The van der Waals surface area contributed by atoms with Crippen molar-refractivity contribution >= 4 is 23.3 Å². The average molecular weight is 457 g/mol. The second kappa shape index (κ2) is 8.88. The topological polar surface area (TPSA) is 67.8 Å². The molecule has 0 saturated carbocycles. The average Bonchev–Trinajstić information content (AvgIpc) is 3.27. The molecule has 2 saturated heterocycles. The standard InChI is InChI=1S/C20H20ClF3N4O3/c21-16-9-13(10-26-18(16)31-15-3-8-30-12-15)19(29)28-6-4-27(5-7-28)17-2-1-14(11-25-17)20(22,23)24/h1-2,9-11,15H,3-8,12H2. The molecular weight excluding hydrogens is 437 g/mol. The minimum atomic E-state index is -4.42. The summed E-state index contributed by atoms with van der Waals surface area (Å²) < 4.78 is 49.0. The van der Waals surface area contributed by atoms with E-state index in [-0.39, 0.29) is 22.9 Å². The van der Waals surface area contributed by atoms with Crippen LogP contribution in [-0.4, -0.2) is 66.3 Å². The van der Waals surface area contributed by atoms with Crippen molar-refractivity contribution in [3.05, 3.63) is 46.7 Å². The van der Waals surface area contributed by atoms with E-state index in [0.717, 1.165) is 18.7 Å². The van der Waals surface area contributed by atoms with Crippen LogP contribution in [0.4, 0.5) is 19.0 Å². The minimum absolute atomic E-state index is 0.0987. The van der Waals surface area contributed by atoms with Crippen LogP contribution < -0.4 is 9.64 Å². The number of carbonyl (C=O) groups excluding carboxylic acids is 1. The summed E-state index contributed by atoms with van der Waals surface area (Å²) in [7, 11) is 0. The predicted octanol–water partition coefficient (Wildman–Crippen LogP) is 3.28. The van der Waals surface area contributed by atoms with Gasteiger partial charge in [0.25, 0.3) is 5.91 Å². The lowest BCUT2D eigenvalue weighted by Crippen LogP contribution is -2.49. The number of ether oxygens (including phenoxy) is 2. The molecule has 1 atom stereocenters. The van der Waals surface area contributed by atoms with Gasteiger partial charge in [0.05, 0.1) is 24.3 Å². The Kier molecular flexibility index (Phi) is 6.19. The summed E-state index contributed by atoms with van der Waals surface area (Å²) in [4.78, 5) is 24.4. The van der Waals surface area contributed by atoms with Crippen LogP contribution in [-0.2, 0) is 10.9 Å². The van der Waals surface area contributed by atoms with Crippen LogP contribution in [0.3, 0.4) is 0 Å². The monoisotopic (exact) mass is 456 g/mol. The first-order valence-corrected chi connectivity index (χ1v) is 10.2. The van der Waals surface area contributed by atoms with E-state index in [2.05, 4.69) is 9.97 Å². The van der Waals surface area contributed by atoms with E-state index in [1.807, 2.05) is 4.90 Å². The van der Waals surface area contributed by atoms with E-state index in [9.17, 15) is 18.0 Å². The van der Waals surface area contributed by atoms with E-state index in [4.69, 9.17) is 21.1 Å². The molecule has 2 fully saturated rings. The van der Waals surface area contributed by atoms with Crippen LogP contribution in [0, 0.1) is 0 Å². The fraction of sp³-hybridized carbons (Fsp3) is 0.450. The Morgan fingerprint density at radius 1 is 1.16 bits per heavy atom. The zero-order valence-corrected chi connectivity index (χ0v) is 17.2. The number of halogens is 4. The molecule has 2 aliphatic rings. The van der Waals surface area contributed by atoms with Crippen molar-refractivity contribution < 1.29 is 27.4 Å². The van der Waals surface area contributed by atoms with Crippen LogP contribution in [0.2, 0.25) is 5.02 Å². The molecule has 1 amide bonds. The first-order chi connectivity index (χ1) is 14.8. The van der Waals surface area contributed by atoms with Gasteiger partial charge in [-0.2, -0.15) is 13.2 Å². The Balaban J connectivity index is 1.35. The first kappa shape index (κ1) is 21.6. The number of amides is 1. The molecule has 0 bridgehead atoms. The highest BCUT2D eigenvalue weighted by atomic mass is 35.5. The van der Waals surface area contributed by atoms with Crippen LogP contribution in [0.5, 0.6) is 5.88 Å². The van der Waals surface area contributed by atoms with Crippen LogP contribution in [0.15, 0.2) is 30.6 Å². The third kappa shape index (κ3) is 5.01. The van der Waals surface area contributed by atoms with Crippen molar-refractivity contribution in [1.82, 2.24) is 14.9 Å². The first-order valence-electron chi connectivity index (χ1n) is 9.78. The number of rotatable bonds is 4. The Hall–Kier alpha value is -2.59. The molecule has 0 aliphatic carbocycles. The highest BCUT2D eigenvalue weighted by molar-refractivity contribution is 6.32. The summed E-state index contributed by atoms with van der Waals surface area (Å²) in [6.45, 7) is 2.82. The van der Waals surface area contributed by atoms with Crippen LogP contribution >= 0.6 is 11.6 Å². The fourth-order valence-corrected chi connectivity index (χ4v) is 3.67. The summed E-state index contributed by atoms with van der Waals surface area (Å²) in [5.41, 5.74) is -0.441. The summed E-state index contributed by atoms with van der Waals surface area (Å²) in [5.74, 6) is 0.499. The second-order valence-electron chi connectivity index (χ2n) is 7.30. The lowest BCUT2D eigenvalue weighted by Gasteiger charge is -2.35. The maximum absolute atomic E-state index is 12.8. The molecule has 11 heteroatoms. The number of carbonyl (C=O) groups is 1. The summed E-state index contributed by atoms with van der Waals surface area (Å²) in [6, 6.07) is 3.89. The zero-order chi connectivity index (χ0) is 22.0. The lowest BCUT2D eigenvalue weighted by molar-refractivity contribution is -0.137. The van der Waals surface area contributed by atoms with Gasteiger partial charge in [-0.05, 0) is 18.2 Å². The molecule has 4 rings (SSSR count). The molecule has 2 aliphatic heterocycles. The highest BCUT2D eigenvalue weighted by Gasteiger charge is 2.31. The Morgan fingerprint density at radius 2 is 1.94 bits per heavy atom. The third-order valence-electron chi connectivity index (χ3n) is 5.19. The van der Waals surface area contributed by atoms with Gasteiger partial charge in [0.2, 0.25) is 5.88 Å². The van der Waals surface area contributed by atoms with E-state index in [1.54, 1.807) is 4.90 Å². The summed E-state index contributed by atoms with van der Waals surface area (Å²) in [5, 5.41) is 0.255. The van der Waals surface area contributed by atoms with Gasteiger partial charge in [0.1, 0.15) is 16.9 Å². The molecule has 2 aromatic heterocycles. The summed E-state index contributed by atoms with van der Waals surface area (Å²) >= 11 is 6.24. The summed E-state index contributed by atoms with van der Waals surface area (Å²) in [6.07, 6.45) is -1.50. The Bertz CT molecular complexity index is 928. The third-order valence-corrected chi connectivity index (χ3v) is 5.46. The molecule has 4 heterocycles. The van der Waals surface area contributed by atoms with Crippen molar-refractivity contribution in [2.24, 2.45) is 0 Å². The molecule has 0 radical (unpaired) electrons. The molecule has 7 nitrogen and oxygen atoms in total. The van der Waals surface area contributed by atoms with Gasteiger partial charge in [-0.15, -0.1) is 0 Å². The Labute approximate surface area is 181 Å². The lowest BCUT2D eigenvalue weighted by atomic mass is 10.2. The number of hydrogen-bond acceptors (Lipinski definition) is 6. The van der Waals surface area contributed by atoms with Crippen molar-refractivity contribution in [3.63, 3.8) is 0 Å². The Morgan fingerprint density at radius 3 is 2.52 bits per heavy atom. The van der Waals surface area contributed by atoms with Gasteiger partial charge < -0.3 is 19.3 Å². The zero-order valence-electron chi connectivity index (χ0n) is 16.4. The van der Waals surface area contributed by atoms with E-state index < -0.39 is 11.7 Å². The van der Waals surface area contributed by atoms with Crippen LogP contribution in [0.25, 0.3) is 0 Å². The van der Waals surface area contributed by atoms with E-state index in [1.165, 1.54) is 18.3 Å². The second-order valence-corrected chi connectivity index (χ2v) is 7.70. The van der Waals surface area contributed by atoms with Crippen molar-refractivity contribution in [2.75, 3.05) is 44.3 Å². The number of pyridine rings is 2. The largest absolute Gasteiger partial charge is 0.471 e. The van der Waals surface area contributed by atoms with Gasteiger partial charge >= 0.3 is 6.18 Å². The highest BCUT2D eigenvalue weighted by Crippen LogP contribution is 2.30. The van der Waals surface area contributed by atoms with Gasteiger partial charge in [-0.1, -0.05) is 11.6 Å². The van der Waals surface area contributed by atoms with Gasteiger partial charge in [0, 0.05) is 45.0 Å². The smallest absolute Gasteiger partial charge is 0.417 e. The van der Waals surface area contributed by atoms with Gasteiger partial charge in [-0.25, -0.2) is 9.97 Å². The maximum Gasteiger partial charge on any atom is 0.417 e. The van der Waals surface area contributed by atoms with Gasteiger partial charge in [-0.3, -0.25) is 4.79 Å². The number of hydrogen-bond donors (Lipinski definition) is 0. The van der Waals surface area contributed by atoms with Gasteiger partial charge in [0.15, 0.2) is 0 Å². The van der Waals surface area contributed by atoms with Crippen molar-refractivity contribution in [3.8, 4) is 5.88 Å². The number of alkyl halides is 3. The maximum atomic E-state index is 12.8. The normalized spacial score (nSPS) is 19.5. The van der Waals surface area contributed by atoms with E-state index in [0.29, 0.717) is 50.8 Å².